The van der Waals surface area contributed by atoms with Crippen molar-refractivity contribution in [3.63, 3.8) is 0 Å². The molecule has 1 aliphatic heterocycles. The van der Waals surface area contributed by atoms with E-state index in [1.165, 1.54) is 0 Å². The zero-order valence-electron chi connectivity index (χ0n) is 21.3. The third-order valence-corrected chi connectivity index (χ3v) is 6.90. The minimum absolute atomic E-state index is 0.344. The molecule has 0 aliphatic carbocycles. The highest BCUT2D eigenvalue weighted by molar-refractivity contribution is 5.77. The Morgan fingerprint density at radius 1 is 1.11 bits per heavy atom. The molecule has 4 aromatic rings. The Bertz CT molecular complexity index is 1320. The zero-order chi connectivity index (χ0) is 25.1. The Labute approximate surface area is 211 Å². The Hall–Kier alpha value is -3.63. The second kappa shape index (κ2) is 10.5. The van der Waals surface area contributed by atoms with Crippen LogP contribution in [0.3, 0.4) is 0 Å². The summed E-state index contributed by atoms with van der Waals surface area (Å²) < 4.78 is 14.5. The molecule has 1 fully saturated rings. The molecule has 10 nitrogen and oxygen atoms in total. The standard InChI is InChI=1S/C26H34N8O2/c1-27-25-10-23(32-26-22(15-31-34(25)26)19-13-30-33(2)16-19)17-5-7-20(29-12-17)14-28-11-18-6-8-21(35-3)9-24(18)36-4/h6,8-10,13,15-17,20,27-29H,5,7,11-12,14H2,1-4H3/t17-,20-/m0/s1. The van der Waals surface area contributed by atoms with Crippen molar-refractivity contribution in [3.8, 4) is 22.6 Å². The number of nitrogens with zero attached hydrogens (tertiary/aromatic N) is 5. The highest BCUT2D eigenvalue weighted by Crippen LogP contribution is 2.30. The maximum atomic E-state index is 5.52. The number of aryl methyl sites for hydroxylation is 1. The number of aromatic nitrogens is 5. The third kappa shape index (κ3) is 4.87. The van der Waals surface area contributed by atoms with Crippen molar-refractivity contribution in [1.82, 2.24) is 35.0 Å². The average Bonchev–Trinajstić information content (AvgIpc) is 3.54. The highest BCUT2D eigenvalue weighted by Gasteiger charge is 2.24. The second-order valence-corrected chi connectivity index (χ2v) is 9.20. The molecular formula is C26H34N8O2. The molecule has 0 unspecified atom stereocenters. The SMILES string of the molecule is CNc1cc([C@H]2CC[C@@H](CNCc3ccc(OC)cc3OC)NC2)nc2c(-c3cnn(C)c3)cnn12. The van der Waals surface area contributed by atoms with Gasteiger partial charge in [-0.2, -0.15) is 14.7 Å². The summed E-state index contributed by atoms with van der Waals surface area (Å²) in [6.07, 6.45) is 7.86. The maximum absolute atomic E-state index is 5.52. The van der Waals surface area contributed by atoms with E-state index in [0.29, 0.717) is 12.0 Å². The van der Waals surface area contributed by atoms with E-state index in [4.69, 9.17) is 14.5 Å². The number of benzene rings is 1. The molecule has 1 saturated heterocycles. The van der Waals surface area contributed by atoms with Gasteiger partial charge in [0, 0.05) is 80.7 Å². The van der Waals surface area contributed by atoms with Gasteiger partial charge in [0.1, 0.15) is 17.3 Å². The van der Waals surface area contributed by atoms with Crippen molar-refractivity contribution >= 4 is 11.5 Å². The fourth-order valence-corrected chi connectivity index (χ4v) is 4.85. The van der Waals surface area contributed by atoms with E-state index >= 15 is 0 Å². The van der Waals surface area contributed by atoms with Crippen LogP contribution in [0.2, 0.25) is 0 Å². The fourth-order valence-electron chi connectivity index (χ4n) is 4.85. The molecule has 1 aliphatic rings. The number of ether oxygens (including phenoxy) is 2. The van der Waals surface area contributed by atoms with Crippen molar-refractivity contribution in [1.29, 1.82) is 0 Å². The summed E-state index contributed by atoms with van der Waals surface area (Å²) in [5.41, 5.74) is 5.05. The van der Waals surface area contributed by atoms with Crippen LogP contribution in [0, 0.1) is 0 Å². The molecule has 190 valence electrons. The number of methoxy groups -OCH3 is 2. The smallest absolute Gasteiger partial charge is 0.165 e. The van der Waals surface area contributed by atoms with Gasteiger partial charge in [-0.05, 0) is 18.9 Å². The number of hydrogen-bond donors (Lipinski definition) is 3. The fraction of sp³-hybridized carbons (Fsp3) is 0.423. The second-order valence-electron chi connectivity index (χ2n) is 9.20. The quantitative estimate of drug-likeness (QED) is 0.329. The van der Waals surface area contributed by atoms with E-state index in [2.05, 4.69) is 32.2 Å². The molecule has 2 atom stereocenters. The van der Waals surface area contributed by atoms with E-state index < -0.39 is 0 Å². The first kappa shape index (κ1) is 24.1. The molecule has 3 aromatic heterocycles. The first-order chi connectivity index (χ1) is 17.6. The maximum Gasteiger partial charge on any atom is 0.165 e. The Morgan fingerprint density at radius 2 is 2.00 bits per heavy atom. The first-order valence-electron chi connectivity index (χ1n) is 12.3. The predicted octanol–water partition coefficient (Wildman–Crippen LogP) is 2.81. The molecule has 0 bridgehead atoms. The Kier molecular flexibility index (Phi) is 7.06. The summed E-state index contributed by atoms with van der Waals surface area (Å²) in [6, 6.07) is 8.47. The van der Waals surface area contributed by atoms with Gasteiger partial charge in [0.2, 0.25) is 0 Å². The zero-order valence-corrected chi connectivity index (χ0v) is 21.3. The van der Waals surface area contributed by atoms with Crippen molar-refractivity contribution in [2.24, 2.45) is 7.05 Å². The van der Waals surface area contributed by atoms with Crippen LogP contribution in [0.4, 0.5) is 5.82 Å². The van der Waals surface area contributed by atoms with E-state index in [-0.39, 0.29) is 0 Å². The topological polar surface area (TPSA) is 103 Å². The molecule has 3 N–H and O–H groups in total. The minimum atomic E-state index is 0.344. The van der Waals surface area contributed by atoms with Crippen LogP contribution in [-0.4, -0.2) is 64.8 Å². The van der Waals surface area contributed by atoms with Gasteiger partial charge in [-0.15, -0.1) is 0 Å². The lowest BCUT2D eigenvalue weighted by atomic mass is 9.91. The lowest BCUT2D eigenvalue weighted by Gasteiger charge is -2.30. The third-order valence-electron chi connectivity index (χ3n) is 6.90. The van der Waals surface area contributed by atoms with Crippen molar-refractivity contribution in [2.75, 3.05) is 39.7 Å². The van der Waals surface area contributed by atoms with Crippen LogP contribution < -0.4 is 25.4 Å². The van der Waals surface area contributed by atoms with Gasteiger partial charge < -0.3 is 25.4 Å². The summed E-state index contributed by atoms with van der Waals surface area (Å²) in [4.78, 5) is 5.06. The molecule has 36 heavy (non-hydrogen) atoms. The molecule has 0 amide bonds. The van der Waals surface area contributed by atoms with Crippen LogP contribution in [0.5, 0.6) is 11.5 Å². The summed E-state index contributed by atoms with van der Waals surface area (Å²) >= 11 is 0. The van der Waals surface area contributed by atoms with Gasteiger partial charge in [0.05, 0.1) is 32.3 Å². The molecule has 0 saturated carbocycles. The van der Waals surface area contributed by atoms with E-state index in [1.54, 1.807) is 18.9 Å². The van der Waals surface area contributed by atoms with Crippen LogP contribution in [-0.2, 0) is 13.6 Å². The summed E-state index contributed by atoms with van der Waals surface area (Å²) in [5, 5.41) is 19.5. The lowest BCUT2D eigenvalue weighted by Crippen LogP contribution is -2.44. The van der Waals surface area contributed by atoms with Gasteiger partial charge in [0.25, 0.3) is 0 Å². The van der Waals surface area contributed by atoms with Crippen molar-refractivity contribution in [2.45, 2.75) is 31.3 Å². The highest BCUT2D eigenvalue weighted by atomic mass is 16.5. The largest absolute Gasteiger partial charge is 0.497 e. The Balaban J connectivity index is 1.23. The summed E-state index contributed by atoms with van der Waals surface area (Å²) in [6.45, 7) is 2.53. The van der Waals surface area contributed by atoms with E-state index in [9.17, 15) is 0 Å². The molecule has 1 aromatic carbocycles. The minimum Gasteiger partial charge on any atom is -0.497 e. The summed E-state index contributed by atoms with van der Waals surface area (Å²) in [7, 11) is 7.19. The normalized spacial score (nSPS) is 17.9. The molecular weight excluding hydrogens is 456 g/mol. The molecule has 5 rings (SSSR count). The number of hydrogen-bond acceptors (Lipinski definition) is 8. The van der Waals surface area contributed by atoms with Gasteiger partial charge in [-0.25, -0.2) is 4.98 Å². The van der Waals surface area contributed by atoms with Gasteiger partial charge >= 0.3 is 0 Å². The summed E-state index contributed by atoms with van der Waals surface area (Å²) in [5.74, 6) is 2.91. The number of nitrogens with one attached hydrogen (secondary N) is 3. The van der Waals surface area contributed by atoms with Gasteiger partial charge in [-0.1, -0.05) is 6.07 Å². The van der Waals surface area contributed by atoms with E-state index in [1.807, 2.05) is 55.4 Å². The molecule has 0 spiro atoms. The number of piperidine rings is 1. The number of rotatable bonds is 9. The van der Waals surface area contributed by atoms with Crippen LogP contribution in [0.1, 0.15) is 30.0 Å². The van der Waals surface area contributed by atoms with Crippen molar-refractivity contribution in [3.05, 3.63) is 54.1 Å². The van der Waals surface area contributed by atoms with Crippen LogP contribution in [0.15, 0.2) is 42.9 Å². The van der Waals surface area contributed by atoms with Crippen molar-refractivity contribution < 1.29 is 9.47 Å². The predicted molar refractivity (Wildman–Crippen MR) is 140 cm³/mol. The van der Waals surface area contributed by atoms with Crippen LogP contribution in [0.25, 0.3) is 16.8 Å². The molecule has 10 heteroatoms. The lowest BCUT2D eigenvalue weighted by molar-refractivity contribution is 0.348. The monoisotopic (exact) mass is 490 g/mol. The molecule has 0 radical (unpaired) electrons. The molecule has 4 heterocycles. The number of fused-ring (bicyclic) bond motifs is 1. The Morgan fingerprint density at radius 3 is 2.69 bits per heavy atom. The number of anilines is 1. The van der Waals surface area contributed by atoms with Gasteiger partial charge in [-0.3, -0.25) is 4.68 Å². The van der Waals surface area contributed by atoms with Gasteiger partial charge in [0.15, 0.2) is 5.65 Å². The van der Waals surface area contributed by atoms with Crippen LogP contribution >= 0.6 is 0 Å². The average molecular weight is 491 g/mol. The van der Waals surface area contributed by atoms with E-state index in [0.717, 1.165) is 77.8 Å². The first-order valence-corrected chi connectivity index (χ1v) is 12.3.